The Kier molecular flexibility index (Phi) is 8.68. The smallest absolute Gasteiger partial charge is 0.283 e. The number of benzene rings is 4. The molecule has 3 atom stereocenters. The first-order chi connectivity index (χ1) is 21.9. The van der Waals surface area contributed by atoms with Gasteiger partial charge in [-0.05, 0) is 65.9 Å². The van der Waals surface area contributed by atoms with E-state index in [9.17, 15) is 29.8 Å². The molecule has 0 spiro atoms. The lowest BCUT2D eigenvalue weighted by atomic mass is 10.1. The molecule has 3 aliphatic rings. The molecule has 0 fully saturated rings. The average Bonchev–Trinajstić information content (AvgIpc) is 3.69. The van der Waals surface area contributed by atoms with Gasteiger partial charge in [-0.25, -0.2) is 0 Å². The number of fused-ring (bicyclic) bond motifs is 3. The lowest BCUT2D eigenvalue weighted by molar-refractivity contribution is 0.455. The summed E-state index contributed by atoms with van der Waals surface area (Å²) in [5.41, 5.74) is 0.425. The van der Waals surface area contributed by atoms with Crippen LogP contribution >= 0.6 is 0 Å². The van der Waals surface area contributed by atoms with Gasteiger partial charge in [0.25, 0.3) is 30.4 Å². The average molecular weight is 696 g/mol. The van der Waals surface area contributed by atoms with E-state index in [2.05, 4.69) is 15.0 Å². The largest absolute Gasteiger partial charge is 0.299 e. The quantitative estimate of drug-likeness (QED) is 0.250. The van der Waals surface area contributed by atoms with E-state index < -0.39 is 45.0 Å². The van der Waals surface area contributed by atoms with Gasteiger partial charge in [0.05, 0.1) is 16.1 Å². The van der Waals surface area contributed by atoms with Gasteiger partial charge in [-0.15, -0.1) is 0 Å². The molecule has 0 radical (unpaired) electrons. The summed E-state index contributed by atoms with van der Waals surface area (Å²) in [4.78, 5) is 7.35. The zero-order chi connectivity index (χ0) is 34.3. The lowest BCUT2D eigenvalue weighted by Crippen LogP contribution is -2.30. The highest BCUT2D eigenvalue weighted by Gasteiger charge is 2.44. The standard InChI is InChI=1S/C14H11NO3S.2C9H9NO3S/c16-19(17,18)14(12-7-2-1-3-8-12)10-11-6-4-5-9-13(11)15-14;2*1-9(14(11,12)13)6-7-4-2-3-5-8(7)10-9/h1-10H,(H,16,17,18);2*2-6H,1H3,(H,11,12,13). The molecule has 0 aromatic heterocycles. The second kappa shape index (κ2) is 12.0. The topological polar surface area (TPSA) is 200 Å². The van der Waals surface area contributed by atoms with Gasteiger partial charge >= 0.3 is 0 Å². The Bertz CT molecular complexity index is 2380. The van der Waals surface area contributed by atoms with Crippen LogP contribution in [0.15, 0.2) is 118 Å². The van der Waals surface area contributed by atoms with Crippen LogP contribution in [0.25, 0.3) is 18.2 Å². The first kappa shape index (κ1) is 34.0. The third kappa shape index (κ3) is 6.58. The second-order valence-electron chi connectivity index (χ2n) is 11.0. The van der Waals surface area contributed by atoms with E-state index in [0.717, 1.165) is 10.4 Å². The maximum absolute atomic E-state index is 11.9. The molecule has 244 valence electrons. The fourth-order valence-corrected chi connectivity index (χ4v) is 6.95. The van der Waals surface area contributed by atoms with Crippen LogP contribution in [-0.4, -0.2) is 48.7 Å². The Morgan fingerprint density at radius 1 is 0.447 bits per heavy atom. The van der Waals surface area contributed by atoms with Crippen molar-refractivity contribution in [3.05, 3.63) is 140 Å². The number of rotatable bonds is 4. The molecule has 0 saturated carbocycles. The van der Waals surface area contributed by atoms with Crippen LogP contribution in [0.3, 0.4) is 0 Å². The second-order valence-corrected chi connectivity index (χ2v) is 16.2. The minimum absolute atomic E-state index is 0.425. The fraction of sp³-hybridized carbons (Fsp3) is 0.156. The Hall–Kier alpha value is -4.38. The zero-order valence-electron chi connectivity index (χ0n) is 24.9. The predicted octanol–water partition coefficient (Wildman–Crippen LogP) is 0.250. The highest BCUT2D eigenvalue weighted by Crippen LogP contribution is 2.34. The number of nitrogens with zero attached hydrogens (tertiary/aromatic N) is 3. The molecule has 3 N–H and O–H groups in total. The van der Waals surface area contributed by atoms with Gasteiger partial charge < -0.3 is 0 Å². The summed E-state index contributed by atoms with van der Waals surface area (Å²) in [5, 5.41) is 3.90. The van der Waals surface area contributed by atoms with Crippen molar-refractivity contribution in [3.63, 3.8) is 0 Å². The van der Waals surface area contributed by atoms with Crippen molar-refractivity contribution in [2.45, 2.75) is 28.5 Å². The number of para-hydroxylation sites is 3. The first-order valence-electron chi connectivity index (χ1n) is 13.9. The zero-order valence-corrected chi connectivity index (χ0v) is 27.4. The van der Waals surface area contributed by atoms with Gasteiger partial charge in [0, 0.05) is 5.56 Å². The van der Waals surface area contributed by atoms with Crippen LogP contribution < -0.4 is 31.7 Å². The first-order valence-corrected chi connectivity index (χ1v) is 18.2. The van der Waals surface area contributed by atoms with Crippen molar-refractivity contribution in [1.82, 2.24) is 0 Å². The Morgan fingerprint density at radius 3 is 1.13 bits per heavy atom. The Labute approximate surface area is 270 Å². The third-order valence-electron chi connectivity index (χ3n) is 7.60. The van der Waals surface area contributed by atoms with Gasteiger partial charge in [-0.1, -0.05) is 84.9 Å². The van der Waals surface area contributed by atoms with E-state index in [1.54, 1.807) is 103 Å². The Balaban J connectivity index is 0.000000141. The van der Waals surface area contributed by atoms with Gasteiger partial charge in [-0.2, -0.15) is 25.3 Å². The van der Waals surface area contributed by atoms with Gasteiger partial charge in [0.15, 0.2) is 0 Å². The maximum atomic E-state index is 11.9. The molecular weight excluding hydrogens is 667 g/mol. The highest BCUT2D eigenvalue weighted by atomic mass is 32.2. The van der Waals surface area contributed by atoms with E-state index in [1.165, 1.54) is 32.1 Å². The molecule has 0 bridgehead atoms. The third-order valence-corrected chi connectivity index (χ3v) is 11.3. The van der Waals surface area contributed by atoms with E-state index in [1.807, 2.05) is 0 Å². The van der Waals surface area contributed by atoms with Crippen LogP contribution in [0.2, 0.25) is 0 Å². The highest BCUT2D eigenvalue weighted by molar-refractivity contribution is 7.88. The maximum Gasteiger partial charge on any atom is 0.299 e. The molecule has 7 rings (SSSR count). The summed E-state index contributed by atoms with van der Waals surface area (Å²) in [5.74, 6) is 0. The summed E-state index contributed by atoms with van der Waals surface area (Å²) in [6.45, 7) is 2.73. The van der Waals surface area contributed by atoms with Crippen molar-refractivity contribution >= 4 is 48.6 Å². The van der Waals surface area contributed by atoms with Crippen molar-refractivity contribution in [1.29, 1.82) is 0 Å². The number of hydrogen-bond acceptors (Lipinski definition) is 9. The molecular formula is C32H29N3O9S3. The monoisotopic (exact) mass is 695 g/mol. The molecule has 3 unspecified atom stereocenters. The van der Waals surface area contributed by atoms with Crippen molar-refractivity contribution in [3.8, 4) is 0 Å². The normalized spacial score (nSPS) is 23.5. The fourth-order valence-electron chi connectivity index (χ4n) is 5.05. The van der Waals surface area contributed by atoms with Crippen LogP contribution in [0.1, 0.15) is 19.4 Å². The molecule has 12 nitrogen and oxygen atoms in total. The number of hydrogen-bond donors (Lipinski definition) is 3. The molecule has 0 aliphatic carbocycles. The summed E-state index contributed by atoms with van der Waals surface area (Å²) < 4.78 is 95.6. The predicted molar refractivity (Wildman–Crippen MR) is 175 cm³/mol. The van der Waals surface area contributed by atoms with E-state index in [4.69, 9.17) is 9.11 Å². The van der Waals surface area contributed by atoms with Crippen molar-refractivity contribution < 1.29 is 38.9 Å². The molecule has 47 heavy (non-hydrogen) atoms. The van der Waals surface area contributed by atoms with Crippen LogP contribution in [0.4, 0.5) is 0 Å². The van der Waals surface area contributed by atoms with Crippen molar-refractivity contribution in [2.24, 2.45) is 15.0 Å². The molecule has 15 heteroatoms. The summed E-state index contributed by atoms with van der Waals surface area (Å²) >= 11 is 0. The Morgan fingerprint density at radius 2 is 0.787 bits per heavy atom. The van der Waals surface area contributed by atoms with Crippen LogP contribution in [0, 0.1) is 0 Å². The van der Waals surface area contributed by atoms with Crippen LogP contribution in [-0.2, 0) is 35.2 Å². The van der Waals surface area contributed by atoms with Crippen LogP contribution in [0.5, 0.6) is 0 Å². The molecule has 4 aromatic rings. The molecule has 0 amide bonds. The minimum atomic E-state index is -4.41. The summed E-state index contributed by atoms with van der Waals surface area (Å²) in [6, 6.07) is 29.6. The summed E-state index contributed by atoms with van der Waals surface area (Å²) in [6.07, 6.45) is 4.36. The van der Waals surface area contributed by atoms with E-state index in [-0.39, 0.29) is 0 Å². The molecule has 3 aliphatic heterocycles. The minimum Gasteiger partial charge on any atom is -0.283 e. The van der Waals surface area contributed by atoms with Gasteiger partial charge in [0.2, 0.25) is 14.6 Å². The van der Waals surface area contributed by atoms with Crippen molar-refractivity contribution in [2.75, 3.05) is 0 Å². The summed E-state index contributed by atoms with van der Waals surface area (Å²) in [7, 11) is -12.8. The lowest BCUT2D eigenvalue weighted by Gasteiger charge is -2.21. The van der Waals surface area contributed by atoms with Gasteiger partial charge in [-0.3, -0.25) is 28.6 Å². The molecule has 4 aromatic carbocycles. The molecule has 0 saturated heterocycles. The van der Waals surface area contributed by atoms with E-state index >= 15 is 0 Å². The molecule has 3 heterocycles. The van der Waals surface area contributed by atoms with Gasteiger partial charge in [0.1, 0.15) is 0 Å². The SMILES string of the molecule is CC1(S(=O)(=O)O)C=c2ccccc2=N1.CC1(S(=O)(=O)O)C=c2ccccc2=N1.O=S(=O)(O)C1(c2ccccc2)C=c2ccccc2=N1. The van der Waals surface area contributed by atoms with E-state index in [0.29, 0.717) is 26.9 Å².